The van der Waals surface area contributed by atoms with Crippen molar-refractivity contribution < 1.29 is 5.11 Å². The molecule has 2 aliphatic carbocycles. The zero-order valence-electron chi connectivity index (χ0n) is 11.7. The van der Waals surface area contributed by atoms with E-state index in [-0.39, 0.29) is 0 Å². The van der Waals surface area contributed by atoms with Gasteiger partial charge in [-0.1, -0.05) is 36.4 Å². The van der Waals surface area contributed by atoms with Gasteiger partial charge in [-0.05, 0) is 31.3 Å². The molecule has 0 fully saturated rings. The zero-order valence-corrected chi connectivity index (χ0v) is 11.7. The number of hydrogen-bond donors (Lipinski definition) is 1. The summed E-state index contributed by atoms with van der Waals surface area (Å²) in [5.41, 5.74) is 5.62. The van der Waals surface area contributed by atoms with Crippen LogP contribution in [0, 0.1) is 5.92 Å². The molecule has 1 N–H and O–H groups in total. The number of allylic oxidation sites excluding steroid dienone is 4. The number of rotatable bonds is 0. The third-order valence-electron chi connectivity index (χ3n) is 4.95. The topological polar surface area (TPSA) is 35.8 Å². The molecule has 0 saturated heterocycles. The highest BCUT2D eigenvalue weighted by molar-refractivity contribution is 6.06. The highest BCUT2D eigenvalue weighted by atomic mass is 16.3. The van der Waals surface area contributed by atoms with Crippen molar-refractivity contribution in [3.63, 3.8) is 0 Å². The molecule has 0 radical (unpaired) electrons. The lowest BCUT2D eigenvalue weighted by atomic mass is 9.79. The summed E-state index contributed by atoms with van der Waals surface area (Å²) in [6.45, 7) is 0. The third-order valence-corrected chi connectivity index (χ3v) is 4.95. The Morgan fingerprint density at radius 3 is 3.10 bits per heavy atom. The Hall–Kier alpha value is -2.13. The highest BCUT2D eigenvalue weighted by Gasteiger charge is 2.42. The van der Waals surface area contributed by atoms with Crippen LogP contribution in [0.1, 0.15) is 36.6 Å². The van der Waals surface area contributed by atoms with Crippen LogP contribution in [0.15, 0.2) is 64.5 Å². The molecule has 0 aromatic heterocycles. The Morgan fingerprint density at radius 2 is 2.14 bits per heavy atom. The lowest BCUT2D eigenvalue weighted by molar-refractivity contribution is 0.0814. The maximum atomic E-state index is 10.7. The van der Waals surface area contributed by atoms with Crippen molar-refractivity contribution in [2.45, 2.75) is 25.5 Å². The van der Waals surface area contributed by atoms with Crippen molar-refractivity contribution in [2.24, 2.45) is 10.9 Å². The van der Waals surface area contributed by atoms with Crippen molar-refractivity contribution in [1.29, 1.82) is 0 Å². The number of hydrogen-bond acceptors (Lipinski definition) is 3. The molecule has 0 saturated carbocycles. The summed E-state index contributed by atoms with van der Waals surface area (Å²) in [5.74, 6) is 1.46. The average molecular weight is 276 g/mol. The van der Waals surface area contributed by atoms with E-state index in [0.717, 1.165) is 35.5 Å². The second kappa shape index (κ2) is 3.95. The maximum absolute atomic E-state index is 10.7. The molecule has 1 aromatic carbocycles. The standard InChI is InChI=1S/C18H16N2O/c21-18-13-8-2-1-7-12(13)17-19-14-9-3-5-11-6-4-10-15(16(11)14)20(17)18/h1-3,7-11,18,21H,4-6H2/t11?,18-/m1/s1. The van der Waals surface area contributed by atoms with Gasteiger partial charge in [0.2, 0.25) is 0 Å². The van der Waals surface area contributed by atoms with Crippen molar-refractivity contribution in [2.75, 3.05) is 0 Å². The molecule has 3 heteroatoms. The van der Waals surface area contributed by atoms with Gasteiger partial charge in [-0.15, -0.1) is 0 Å². The molecule has 3 nitrogen and oxygen atoms in total. The number of aliphatic hydroxyl groups excluding tert-OH is 1. The van der Waals surface area contributed by atoms with Gasteiger partial charge in [-0.25, -0.2) is 4.99 Å². The Bertz CT molecular complexity index is 769. The van der Waals surface area contributed by atoms with Crippen LogP contribution in [-0.2, 0) is 0 Å². The second-order valence-electron chi connectivity index (χ2n) is 6.07. The molecule has 0 bridgehead atoms. The largest absolute Gasteiger partial charge is 0.369 e. The molecule has 2 heterocycles. The predicted molar refractivity (Wildman–Crippen MR) is 81.4 cm³/mol. The first-order chi connectivity index (χ1) is 10.3. The van der Waals surface area contributed by atoms with Crippen LogP contribution in [-0.4, -0.2) is 15.8 Å². The summed E-state index contributed by atoms with van der Waals surface area (Å²) in [6, 6.07) is 8.04. The number of aliphatic imine (C=N–C) groups is 1. The van der Waals surface area contributed by atoms with E-state index in [9.17, 15) is 5.11 Å². The van der Waals surface area contributed by atoms with Gasteiger partial charge >= 0.3 is 0 Å². The molecule has 0 spiro atoms. The first-order valence-electron chi connectivity index (χ1n) is 7.61. The maximum Gasteiger partial charge on any atom is 0.159 e. The van der Waals surface area contributed by atoms with Gasteiger partial charge in [0.25, 0.3) is 0 Å². The van der Waals surface area contributed by atoms with Crippen molar-refractivity contribution in [3.05, 3.63) is 70.6 Å². The van der Waals surface area contributed by atoms with Gasteiger partial charge < -0.3 is 5.11 Å². The number of nitrogens with zero attached hydrogens (tertiary/aromatic N) is 2. The summed E-state index contributed by atoms with van der Waals surface area (Å²) >= 11 is 0. The Balaban J connectivity index is 1.78. The lowest BCUT2D eigenvalue weighted by Gasteiger charge is -2.38. The zero-order chi connectivity index (χ0) is 14.0. The molecule has 0 amide bonds. The molecule has 4 aliphatic rings. The molecule has 2 aliphatic heterocycles. The number of benzene rings is 1. The Kier molecular flexibility index (Phi) is 2.17. The van der Waals surface area contributed by atoms with Gasteiger partial charge in [-0.2, -0.15) is 0 Å². The van der Waals surface area contributed by atoms with E-state index in [1.807, 2.05) is 23.1 Å². The normalized spacial score (nSPS) is 28.7. The van der Waals surface area contributed by atoms with Crippen LogP contribution in [0.4, 0.5) is 0 Å². The lowest BCUT2D eigenvalue weighted by Crippen LogP contribution is -2.35. The minimum atomic E-state index is -0.607. The van der Waals surface area contributed by atoms with E-state index in [2.05, 4.69) is 24.3 Å². The summed E-state index contributed by atoms with van der Waals surface area (Å²) < 4.78 is 0. The van der Waals surface area contributed by atoms with Crippen molar-refractivity contribution >= 4 is 5.84 Å². The van der Waals surface area contributed by atoms with Crippen LogP contribution < -0.4 is 0 Å². The van der Waals surface area contributed by atoms with Crippen LogP contribution in [0.3, 0.4) is 0 Å². The molecule has 5 rings (SSSR count). The summed E-state index contributed by atoms with van der Waals surface area (Å²) in [7, 11) is 0. The monoisotopic (exact) mass is 276 g/mol. The van der Waals surface area contributed by atoms with Crippen LogP contribution in [0.2, 0.25) is 0 Å². The average Bonchev–Trinajstić information content (AvgIpc) is 2.82. The predicted octanol–water partition coefficient (Wildman–Crippen LogP) is 3.26. The van der Waals surface area contributed by atoms with Gasteiger partial charge in [-0.3, -0.25) is 4.90 Å². The van der Waals surface area contributed by atoms with E-state index >= 15 is 0 Å². The minimum absolute atomic E-state index is 0.561. The first kappa shape index (κ1) is 11.5. The number of fused-ring (bicyclic) bond motifs is 4. The van der Waals surface area contributed by atoms with Gasteiger partial charge in [0, 0.05) is 22.4 Å². The minimum Gasteiger partial charge on any atom is -0.369 e. The fourth-order valence-corrected chi connectivity index (χ4v) is 4.00. The third kappa shape index (κ3) is 1.39. The van der Waals surface area contributed by atoms with E-state index in [4.69, 9.17) is 4.99 Å². The highest BCUT2D eigenvalue weighted by Crippen LogP contribution is 2.47. The number of amidine groups is 1. The summed E-state index contributed by atoms with van der Waals surface area (Å²) in [5, 5.41) is 10.7. The van der Waals surface area contributed by atoms with E-state index in [1.165, 1.54) is 17.7 Å². The molecular weight excluding hydrogens is 260 g/mol. The molecule has 1 unspecified atom stereocenters. The molecule has 1 aromatic rings. The van der Waals surface area contributed by atoms with Crippen molar-refractivity contribution in [1.82, 2.24) is 4.90 Å². The summed E-state index contributed by atoms with van der Waals surface area (Å²) in [4.78, 5) is 6.90. The molecule has 104 valence electrons. The fourth-order valence-electron chi connectivity index (χ4n) is 4.00. The quantitative estimate of drug-likeness (QED) is 0.789. The first-order valence-corrected chi connectivity index (χ1v) is 7.61. The molecule has 21 heavy (non-hydrogen) atoms. The van der Waals surface area contributed by atoms with Gasteiger partial charge in [0.1, 0.15) is 5.84 Å². The van der Waals surface area contributed by atoms with Gasteiger partial charge in [0.15, 0.2) is 6.23 Å². The molecule has 2 atom stereocenters. The molecular formula is C18H16N2O. The van der Waals surface area contributed by atoms with E-state index in [0.29, 0.717) is 5.92 Å². The van der Waals surface area contributed by atoms with Crippen LogP contribution in [0.5, 0.6) is 0 Å². The summed E-state index contributed by atoms with van der Waals surface area (Å²) in [6.07, 6.45) is 9.41. The van der Waals surface area contributed by atoms with E-state index in [1.54, 1.807) is 0 Å². The Morgan fingerprint density at radius 1 is 1.24 bits per heavy atom. The Labute approximate surface area is 123 Å². The number of aliphatic hydroxyl groups is 1. The van der Waals surface area contributed by atoms with Crippen molar-refractivity contribution in [3.8, 4) is 0 Å². The fraction of sp³-hybridized carbons (Fsp3) is 0.278. The SMILES string of the molecule is O[C@@H]1c2ccccc2C2=NC3=C4C(=CCCC4CC=C3)N21. The van der Waals surface area contributed by atoms with Gasteiger partial charge in [0.05, 0.1) is 5.70 Å². The van der Waals surface area contributed by atoms with E-state index < -0.39 is 6.23 Å². The second-order valence-corrected chi connectivity index (χ2v) is 6.07. The van der Waals surface area contributed by atoms with Crippen LogP contribution in [0.25, 0.3) is 0 Å². The smallest absolute Gasteiger partial charge is 0.159 e. The van der Waals surface area contributed by atoms with Crippen LogP contribution >= 0.6 is 0 Å².